The third-order valence-corrected chi connectivity index (χ3v) is 3.92. The van der Waals surface area contributed by atoms with E-state index < -0.39 is 0 Å². The standard InChI is InChI=1S/C12H16BrNO2.ClH/c1-16-10-6-8(5-9(13)12(10)15)11(14)7-3-2-4-7;/h5-7,11,15H,2-4,14H2,1H3;1H/t11-;/m0./s1. The van der Waals surface area contributed by atoms with Gasteiger partial charge in [0.2, 0.25) is 0 Å². The van der Waals surface area contributed by atoms with Crippen LogP contribution in [0.5, 0.6) is 11.5 Å². The molecule has 0 saturated heterocycles. The highest BCUT2D eigenvalue weighted by atomic mass is 79.9. The van der Waals surface area contributed by atoms with E-state index in [2.05, 4.69) is 15.9 Å². The lowest BCUT2D eigenvalue weighted by Crippen LogP contribution is -2.26. The Balaban J connectivity index is 0.00000144. The minimum absolute atomic E-state index is 0. The summed E-state index contributed by atoms with van der Waals surface area (Å²) in [6.07, 6.45) is 3.67. The van der Waals surface area contributed by atoms with E-state index in [1.165, 1.54) is 19.3 Å². The number of aromatic hydroxyl groups is 1. The molecule has 1 aromatic carbocycles. The Morgan fingerprint density at radius 2 is 2.12 bits per heavy atom. The number of halogens is 2. The third kappa shape index (κ3) is 2.87. The molecule has 1 atom stereocenters. The smallest absolute Gasteiger partial charge is 0.172 e. The van der Waals surface area contributed by atoms with Gasteiger partial charge in [-0.1, -0.05) is 6.42 Å². The Hall–Kier alpha value is -0.450. The predicted molar refractivity (Wildman–Crippen MR) is 73.9 cm³/mol. The van der Waals surface area contributed by atoms with Gasteiger partial charge in [-0.05, 0) is 52.4 Å². The number of phenolic OH excluding ortho intramolecular Hbond substituents is 1. The Kier molecular flexibility index (Phi) is 5.10. The van der Waals surface area contributed by atoms with Gasteiger partial charge in [0.25, 0.3) is 0 Å². The molecule has 0 spiro atoms. The summed E-state index contributed by atoms with van der Waals surface area (Å²) in [5.74, 6) is 1.17. The highest BCUT2D eigenvalue weighted by Crippen LogP contribution is 2.41. The molecular weight excluding hydrogens is 305 g/mol. The molecule has 96 valence electrons. The third-order valence-electron chi connectivity index (χ3n) is 3.31. The number of hydrogen-bond donors (Lipinski definition) is 2. The van der Waals surface area contributed by atoms with Crippen molar-refractivity contribution >= 4 is 28.3 Å². The van der Waals surface area contributed by atoms with E-state index in [9.17, 15) is 5.11 Å². The Bertz CT molecular complexity index is 396. The SMILES string of the molecule is COc1cc([C@@H](N)C2CCC2)cc(Br)c1O.Cl. The molecule has 3 nitrogen and oxygen atoms in total. The minimum atomic E-state index is 0. The summed E-state index contributed by atoms with van der Waals surface area (Å²) in [4.78, 5) is 0. The van der Waals surface area contributed by atoms with Crippen LogP contribution in [0.4, 0.5) is 0 Å². The Morgan fingerprint density at radius 1 is 1.47 bits per heavy atom. The summed E-state index contributed by atoms with van der Waals surface area (Å²) >= 11 is 3.31. The molecule has 1 aliphatic carbocycles. The second kappa shape index (κ2) is 5.94. The highest BCUT2D eigenvalue weighted by Gasteiger charge is 2.26. The van der Waals surface area contributed by atoms with E-state index in [4.69, 9.17) is 10.5 Å². The maximum absolute atomic E-state index is 9.70. The highest BCUT2D eigenvalue weighted by molar-refractivity contribution is 9.10. The topological polar surface area (TPSA) is 55.5 Å². The van der Waals surface area contributed by atoms with E-state index in [0.29, 0.717) is 16.1 Å². The van der Waals surface area contributed by atoms with Gasteiger partial charge in [-0.2, -0.15) is 0 Å². The first-order chi connectivity index (χ1) is 7.63. The summed E-state index contributed by atoms with van der Waals surface area (Å²) in [5, 5.41) is 9.70. The molecule has 17 heavy (non-hydrogen) atoms. The second-order valence-corrected chi connectivity index (χ2v) is 5.12. The quantitative estimate of drug-likeness (QED) is 0.897. The lowest BCUT2D eigenvalue weighted by Gasteiger charge is -2.31. The molecule has 5 heteroatoms. The van der Waals surface area contributed by atoms with Crippen molar-refractivity contribution in [1.29, 1.82) is 0 Å². The molecule has 3 N–H and O–H groups in total. The fraction of sp³-hybridized carbons (Fsp3) is 0.500. The van der Waals surface area contributed by atoms with Crippen molar-refractivity contribution in [3.63, 3.8) is 0 Å². The summed E-state index contributed by atoms with van der Waals surface area (Å²) in [7, 11) is 1.54. The van der Waals surface area contributed by atoms with E-state index in [0.717, 1.165) is 5.56 Å². The lowest BCUT2D eigenvalue weighted by molar-refractivity contribution is 0.263. The number of nitrogens with two attached hydrogens (primary N) is 1. The summed E-state index contributed by atoms with van der Waals surface area (Å²) in [5.41, 5.74) is 7.20. The van der Waals surface area contributed by atoms with Crippen LogP contribution in [-0.2, 0) is 0 Å². The van der Waals surface area contributed by atoms with Gasteiger partial charge in [0.1, 0.15) is 0 Å². The van der Waals surface area contributed by atoms with Crippen molar-refractivity contribution in [3.05, 3.63) is 22.2 Å². The van der Waals surface area contributed by atoms with Gasteiger partial charge in [0, 0.05) is 6.04 Å². The largest absolute Gasteiger partial charge is 0.503 e. The number of benzene rings is 1. The number of ether oxygens (including phenoxy) is 1. The van der Waals surface area contributed by atoms with Crippen molar-refractivity contribution < 1.29 is 9.84 Å². The monoisotopic (exact) mass is 321 g/mol. The maximum atomic E-state index is 9.70. The van der Waals surface area contributed by atoms with Gasteiger partial charge in [-0.15, -0.1) is 12.4 Å². The van der Waals surface area contributed by atoms with Crippen molar-refractivity contribution in [2.45, 2.75) is 25.3 Å². The molecule has 1 aliphatic rings. The number of rotatable bonds is 3. The van der Waals surface area contributed by atoms with Crippen LogP contribution >= 0.6 is 28.3 Å². The maximum Gasteiger partial charge on any atom is 0.172 e. The first-order valence-corrected chi connectivity index (χ1v) is 6.24. The molecule has 1 aromatic rings. The molecule has 0 aromatic heterocycles. The Morgan fingerprint density at radius 3 is 2.59 bits per heavy atom. The zero-order valence-corrected chi connectivity index (χ0v) is 12.1. The van der Waals surface area contributed by atoms with Crippen molar-refractivity contribution in [1.82, 2.24) is 0 Å². The molecule has 2 rings (SSSR count). The van der Waals surface area contributed by atoms with Crippen LogP contribution in [-0.4, -0.2) is 12.2 Å². The van der Waals surface area contributed by atoms with Crippen molar-refractivity contribution in [2.75, 3.05) is 7.11 Å². The average Bonchev–Trinajstić information content (AvgIpc) is 2.19. The fourth-order valence-electron chi connectivity index (χ4n) is 2.01. The normalized spacial score (nSPS) is 16.9. The van der Waals surface area contributed by atoms with E-state index in [1.807, 2.05) is 12.1 Å². The number of phenols is 1. The van der Waals surface area contributed by atoms with Gasteiger partial charge in [0.15, 0.2) is 11.5 Å². The first-order valence-electron chi connectivity index (χ1n) is 5.45. The van der Waals surface area contributed by atoms with E-state index in [1.54, 1.807) is 7.11 Å². The molecular formula is C12H17BrClNO2. The van der Waals surface area contributed by atoms with E-state index in [-0.39, 0.29) is 24.2 Å². The van der Waals surface area contributed by atoms with Crippen molar-refractivity contribution in [2.24, 2.45) is 11.7 Å². The summed E-state index contributed by atoms with van der Waals surface area (Å²) in [6.45, 7) is 0. The van der Waals surface area contributed by atoms with Crippen LogP contribution in [0.25, 0.3) is 0 Å². The second-order valence-electron chi connectivity index (χ2n) is 4.27. The molecule has 0 amide bonds. The lowest BCUT2D eigenvalue weighted by atomic mass is 9.77. The molecule has 1 fully saturated rings. The predicted octanol–water partition coefficient (Wildman–Crippen LogP) is 3.39. The van der Waals surface area contributed by atoms with Gasteiger partial charge >= 0.3 is 0 Å². The van der Waals surface area contributed by atoms with Crippen LogP contribution < -0.4 is 10.5 Å². The van der Waals surface area contributed by atoms with Crippen LogP contribution in [0.3, 0.4) is 0 Å². The molecule has 1 saturated carbocycles. The van der Waals surface area contributed by atoms with Crippen LogP contribution in [0.2, 0.25) is 0 Å². The average molecular weight is 323 g/mol. The van der Waals surface area contributed by atoms with Crippen molar-refractivity contribution in [3.8, 4) is 11.5 Å². The zero-order valence-electron chi connectivity index (χ0n) is 9.65. The van der Waals surface area contributed by atoms with Gasteiger partial charge in [-0.3, -0.25) is 0 Å². The minimum Gasteiger partial charge on any atom is -0.503 e. The van der Waals surface area contributed by atoms with Crippen LogP contribution in [0.15, 0.2) is 16.6 Å². The molecule has 0 aliphatic heterocycles. The fourth-order valence-corrected chi connectivity index (χ4v) is 2.47. The van der Waals surface area contributed by atoms with Gasteiger partial charge in [-0.25, -0.2) is 0 Å². The molecule has 0 unspecified atom stereocenters. The summed E-state index contributed by atoms with van der Waals surface area (Å²) in [6, 6.07) is 3.74. The molecule has 0 heterocycles. The zero-order chi connectivity index (χ0) is 11.7. The van der Waals surface area contributed by atoms with E-state index >= 15 is 0 Å². The number of hydrogen-bond acceptors (Lipinski definition) is 3. The van der Waals surface area contributed by atoms with Crippen LogP contribution in [0, 0.1) is 5.92 Å². The number of methoxy groups -OCH3 is 1. The van der Waals surface area contributed by atoms with Gasteiger partial charge < -0.3 is 15.6 Å². The van der Waals surface area contributed by atoms with Gasteiger partial charge in [0.05, 0.1) is 11.6 Å². The molecule has 0 bridgehead atoms. The summed E-state index contributed by atoms with van der Waals surface area (Å²) < 4.78 is 5.75. The van der Waals surface area contributed by atoms with Crippen LogP contribution in [0.1, 0.15) is 30.9 Å². The first kappa shape index (κ1) is 14.6. The Labute approximate surface area is 116 Å². The molecule has 0 radical (unpaired) electrons.